The molecule has 1 aromatic carbocycles. The standard InChI is InChI=1S/C22H28FN3O3/c1-3-4-5-6-7-13-29-19-10-8-9-16(20(19)23)14-25-22(27)18-12-11-17(15-28-2)26-21(18)24/h3-4,8-12H,5-7,13-15H2,1-2H3,(H2,24,26)(H,25,27). The van der Waals surface area contributed by atoms with Crippen LogP contribution in [-0.4, -0.2) is 24.6 Å². The fourth-order valence-electron chi connectivity index (χ4n) is 2.73. The van der Waals surface area contributed by atoms with Crippen molar-refractivity contribution in [2.45, 2.75) is 39.3 Å². The number of ether oxygens (including phenoxy) is 2. The summed E-state index contributed by atoms with van der Waals surface area (Å²) < 4.78 is 25.2. The Labute approximate surface area is 170 Å². The first-order valence-corrected chi connectivity index (χ1v) is 9.60. The summed E-state index contributed by atoms with van der Waals surface area (Å²) in [4.78, 5) is 16.5. The summed E-state index contributed by atoms with van der Waals surface area (Å²) in [5.74, 6) is -0.600. The minimum atomic E-state index is -0.470. The van der Waals surface area contributed by atoms with Gasteiger partial charge in [-0.1, -0.05) is 24.3 Å². The molecule has 156 valence electrons. The molecule has 0 aliphatic heterocycles. The quantitative estimate of drug-likeness (QED) is 0.439. The number of aromatic nitrogens is 1. The average molecular weight is 401 g/mol. The van der Waals surface area contributed by atoms with Gasteiger partial charge in [0.1, 0.15) is 5.82 Å². The Morgan fingerprint density at radius 3 is 2.83 bits per heavy atom. The van der Waals surface area contributed by atoms with E-state index in [-0.39, 0.29) is 23.7 Å². The van der Waals surface area contributed by atoms with Gasteiger partial charge in [0, 0.05) is 19.2 Å². The van der Waals surface area contributed by atoms with E-state index in [9.17, 15) is 9.18 Å². The molecule has 2 rings (SSSR count). The maximum Gasteiger partial charge on any atom is 0.255 e. The molecule has 7 heteroatoms. The third kappa shape index (κ3) is 6.87. The fourth-order valence-corrected chi connectivity index (χ4v) is 2.73. The minimum Gasteiger partial charge on any atom is -0.491 e. The zero-order valence-electron chi connectivity index (χ0n) is 16.9. The van der Waals surface area contributed by atoms with Crippen molar-refractivity contribution >= 4 is 11.7 Å². The largest absolute Gasteiger partial charge is 0.491 e. The van der Waals surface area contributed by atoms with E-state index in [1.807, 2.05) is 13.0 Å². The van der Waals surface area contributed by atoms with E-state index in [2.05, 4.69) is 16.4 Å². The number of unbranched alkanes of at least 4 members (excludes halogenated alkanes) is 2. The van der Waals surface area contributed by atoms with Crippen molar-refractivity contribution in [3.05, 3.63) is 65.1 Å². The number of nitrogens with two attached hydrogens (primary N) is 1. The monoisotopic (exact) mass is 401 g/mol. The molecular formula is C22H28FN3O3. The first-order chi connectivity index (χ1) is 14.1. The van der Waals surface area contributed by atoms with Crippen LogP contribution in [0.15, 0.2) is 42.5 Å². The molecule has 3 N–H and O–H groups in total. The lowest BCUT2D eigenvalue weighted by Gasteiger charge is -2.12. The van der Waals surface area contributed by atoms with E-state index in [0.717, 1.165) is 19.3 Å². The smallest absolute Gasteiger partial charge is 0.255 e. The summed E-state index contributed by atoms with van der Waals surface area (Å²) in [6.45, 7) is 2.75. The van der Waals surface area contributed by atoms with Crippen LogP contribution in [0, 0.1) is 5.82 Å². The third-order valence-electron chi connectivity index (χ3n) is 4.26. The summed E-state index contributed by atoms with van der Waals surface area (Å²) >= 11 is 0. The van der Waals surface area contributed by atoms with Crippen LogP contribution < -0.4 is 15.8 Å². The maximum absolute atomic E-state index is 14.6. The first-order valence-electron chi connectivity index (χ1n) is 9.60. The number of amides is 1. The van der Waals surface area contributed by atoms with Gasteiger partial charge in [-0.25, -0.2) is 9.37 Å². The number of halogens is 1. The summed E-state index contributed by atoms with van der Waals surface area (Å²) in [5, 5.41) is 2.67. The highest BCUT2D eigenvalue weighted by molar-refractivity contribution is 5.98. The number of nitrogens with one attached hydrogen (secondary N) is 1. The highest BCUT2D eigenvalue weighted by atomic mass is 19.1. The number of allylic oxidation sites excluding steroid dienone is 2. The molecule has 0 atom stereocenters. The summed E-state index contributed by atoms with van der Waals surface area (Å²) in [6, 6.07) is 8.14. The van der Waals surface area contributed by atoms with E-state index < -0.39 is 11.7 Å². The van der Waals surface area contributed by atoms with Crippen molar-refractivity contribution in [2.24, 2.45) is 0 Å². The van der Waals surface area contributed by atoms with Crippen LogP contribution in [0.3, 0.4) is 0 Å². The molecule has 0 fully saturated rings. The normalized spacial score (nSPS) is 11.0. The highest BCUT2D eigenvalue weighted by Crippen LogP contribution is 2.21. The Balaban J connectivity index is 1.92. The van der Waals surface area contributed by atoms with Crippen LogP contribution in [0.4, 0.5) is 10.2 Å². The second kappa shape index (κ2) is 11.8. The molecule has 0 aliphatic rings. The molecule has 0 bridgehead atoms. The summed E-state index contributed by atoms with van der Waals surface area (Å²) in [5.41, 5.74) is 7.05. The Kier molecular flexibility index (Phi) is 9.11. The van der Waals surface area contributed by atoms with Crippen molar-refractivity contribution < 1.29 is 18.7 Å². The van der Waals surface area contributed by atoms with E-state index in [4.69, 9.17) is 15.2 Å². The molecule has 0 radical (unpaired) electrons. The van der Waals surface area contributed by atoms with Crippen molar-refractivity contribution in [1.29, 1.82) is 0 Å². The summed E-state index contributed by atoms with van der Waals surface area (Å²) in [6.07, 6.45) is 6.92. The predicted octanol–water partition coefficient (Wildman–Crippen LogP) is 4.00. The van der Waals surface area contributed by atoms with Gasteiger partial charge in [-0.2, -0.15) is 0 Å². The van der Waals surface area contributed by atoms with Crippen LogP contribution in [-0.2, 0) is 17.9 Å². The number of carbonyl (C=O) groups excluding carboxylic acids is 1. The van der Waals surface area contributed by atoms with Gasteiger partial charge in [0.2, 0.25) is 0 Å². The fraction of sp³-hybridized carbons (Fsp3) is 0.364. The highest BCUT2D eigenvalue weighted by Gasteiger charge is 2.14. The van der Waals surface area contributed by atoms with Crippen LogP contribution in [0.25, 0.3) is 0 Å². The number of rotatable bonds is 11. The zero-order chi connectivity index (χ0) is 21.1. The lowest BCUT2D eigenvalue weighted by Crippen LogP contribution is -2.25. The first kappa shape index (κ1) is 22.4. The Hall–Kier alpha value is -2.93. The molecule has 0 unspecified atom stereocenters. The van der Waals surface area contributed by atoms with E-state index in [1.165, 1.54) is 0 Å². The number of nitrogens with zero attached hydrogens (tertiary/aromatic N) is 1. The molecule has 6 nitrogen and oxygen atoms in total. The second-order valence-electron chi connectivity index (χ2n) is 6.49. The van der Waals surface area contributed by atoms with Crippen molar-refractivity contribution in [3.63, 3.8) is 0 Å². The van der Waals surface area contributed by atoms with Crippen molar-refractivity contribution in [2.75, 3.05) is 19.5 Å². The molecule has 1 heterocycles. The Morgan fingerprint density at radius 2 is 2.10 bits per heavy atom. The molecule has 0 saturated carbocycles. The molecule has 1 amide bonds. The summed E-state index contributed by atoms with van der Waals surface area (Å²) in [7, 11) is 1.55. The number of anilines is 1. The SMILES string of the molecule is CC=CCCCCOc1cccc(CNC(=O)c2ccc(COC)nc2N)c1F. The molecule has 0 spiro atoms. The van der Waals surface area contributed by atoms with Gasteiger partial charge < -0.3 is 20.5 Å². The molecule has 0 saturated heterocycles. The zero-order valence-corrected chi connectivity index (χ0v) is 16.9. The van der Waals surface area contributed by atoms with Gasteiger partial charge in [0.25, 0.3) is 5.91 Å². The van der Waals surface area contributed by atoms with Gasteiger partial charge in [0.15, 0.2) is 11.6 Å². The van der Waals surface area contributed by atoms with Crippen LogP contribution in [0.1, 0.15) is 47.8 Å². The molecule has 1 aromatic heterocycles. The predicted molar refractivity (Wildman–Crippen MR) is 111 cm³/mol. The average Bonchev–Trinajstić information content (AvgIpc) is 2.71. The van der Waals surface area contributed by atoms with E-state index in [1.54, 1.807) is 37.4 Å². The number of benzene rings is 1. The molecular weight excluding hydrogens is 373 g/mol. The third-order valence-corrected chi connectivity index (χ3v) is 4.26. The number of methoxy groups -OCH3 is 1. The molecule has 29 heavy (non-hydrogen) atoms. The van der Waals surface area contributed by atoms with Gasteiger partial charge in [-0.05, 0) is 44.4 Å². The number of carbonyl (C=O) groups is 1. The molecule has 2 aromatic rings. The van der Waals surface area contributed by atoms with Crippen LogP contribution in [0.5, 0.6) is 5.75 Å². The number of nitrogen functional groups attached to an aromatic ring is 1. The number of hydrogen-bond donors (Lipinski definition) is 2. The topological polar surface area (TPSA) is 86.5 Å². The van der Waals surface area contributed by atoms with Gasteiger partial charge in [-0.15, -0.1) is 0 Å². The van der Waals surface area contributed by atoms with Gasteiger partial charge in [-0.3, -0.25) is 4.79 Å². The number of hydrogen-bond acceptors (Lipinski definition) is 5. The Morgan fingerprint density at radius 1 is 1.28 bits per heavy atom. The second-order valence-corrected chi connectivity index (χ2v) is 6.49. The maximum atomic E-state index is 14.6. The van der Waals surface area contributed by atoms with Crippen molar-refractivity contribution in [1.82, 2.24) is 10.3 Å². The van der Waals surface area contributed by atoms with Crippen LogP contribution in [0.2, 0.25) is 0 Å². The van der Waals surface area contributed by atoms with E-state index >= 15 is 0 Å². The minimum absolute atomic E-state index is 0.0163. The number of pyridine rings is 1. The van der Waals surface area contributed by atoms with Crippen molar-refractivity contribution in [3.8, 4) is 5.75 Å². The lowest BCUT2D eigenvalue weighted by atomic mass is 10.1. The van der Waals surface area contributed by atoms with Gasteiger partial charge >= 0.3 is 0 Å². The van der Waals surface area contributed by atoms with E-state index in [0.29, 0.717) is 24.5 Å². The molecule has 0 aliphatic carbocycles. The van der Waals surface area contributed by atoms with Gasteiger partial charge in [0.05, 0.1) is 24.5 Å². The lowest BCUT2D eigenvalue weighted by molar-refractivity contribution is 0.0951. The Bertz CT molecular complexity index is 840. The van der Waals surface area contributed by atoms with Crippen LogP contribution >= 0.6 is 0 Å².